The largest absolute Gasteiger partial charge is 0.486 e. The maximum atomic E-state index is 13.8. The maximum Gasteiger partial charge on any atom is 0.341 e. The molecule has 0 saturated heterocycles. The standard InChI is InChI=1S/C21H19FN2O5S/c1-11-13(10-28-15-8-4-3-7-14(15)22)18(24-29-11)19(25)23-20-17(21(26)27-2)12-6-5-9-16(12)30-20/h3-4,7-8H,5-6,9-10H2,1-2H3,(H,23,25). The van der Waals surface area contributed by atoms with E-state index in [4.69, 9.17) is 14.0 Å². The molecular weight excluding hydrogens is 411 g/mol. The summed E-state index contributed by atoms with van der Waals surface area (Å²) in [5.74, 6) is -1.08. The van der Waals surface area contributed by atoms with Crippen molar-refractivity contribution < 1.29 is 28.0 Å². The van der Waals surface area contributed by atoms with Crippen LogP contribution in [0.4, 0.5) is 9.39 Å². The number of benzene rings is 1. The summed E-state index contributed by atoms with van der Waals surface area (Å²) in [4.78, 5) is 26.3. The number of carbonyl (C=O) groups excluding carboxylic acids is 2. The Hall–Kier alpha value is -3.20. The molecule has 1 aliphatic carbocycles. The Kier molecular flexibility index (Phi) is 5.54. The van der Waals surface area contributed by atoms with Crippen LogP contribution in [0, 0.1) is 12.7 Å². The lowest BCUT2D eigenvalue weighted by molar-refractivity contribution is 0.0601. The first-order chi connectivity index (χ1) is 14.5. The van der Waals surface area contributed by atoms with Crippen molar-refractivity contribution in [3.8, 4) is 5.75 Å². The highest BCUT2D eigenvalue weighted by atomic mass is 32.1. The fourth-order valence-corrected chi connectivity index (χ4v) is 4.70. The quantitative estimate of drug-likeness (QED) is 0.587. The van der Waals surface area contributed by atoms with Crippen LogP contribution in [-0.2, 0) is 24.2 Å². The minimum atomic E-state index is -0.538. The summed E-state index contributed by atoms with van der Waals surface area (Å²) in [6.45, 7) is 1.55. The average molecular weight is 430 g/mol. The van der Waals surface area contributed by atoms with E-state index in [1.54, 1.807) is 19.1 Å². The molecule has 2 heterocycles. The van der Waals surface area contributed by atoms with Crippen molar-refractivity contribution in [3.63, 3.8) is 0 Å². The highest BCUT2D eigenvalue weighted by molar-refractivity contribution is 7.17. The molecule has 7 nitrogen and oxygen atoms in total. The minimum absolute atomic E-state index is 0.0215. The normalized spacial score (nSPS) is 12.5. The zero-order valence-corrected chi connectivity index (χ0v) is 17.2. The second-order valence-corrected chi connectivity index (χ2v) is 7.90. The minimum Gasteiger partial charge on any atom is -0.486 e. The van der Waals surface area contributed by atoms with Crippen LogP contribution >= 0.6 is 11.3 Å². The number of nitrogens with one attached hydrogen (secondary N) is 1. The number of esters is 1. The number of carbonyl (C=O) groups is 2. The Labute approximate surface area is 175 Å². The van der Waals surface area contributed by atoms with Gasteiger partial charge in [0.1, 0.15) is 17.4 Å². The molecule has 2 aromatic heterocycles. The summed E-state index contributed by atoms with van der Waals surface area (Å²) in [6.07, 6.45) is 2.61. The molecule has 30 heavy (non-hydrogen) atoms. The smallest absolute Gasteiger partial charge is 0.341 e. The van der Waals surface area contributed by atoms with Gasteiger partial charge in [-0.15, -0.1) is 11.3 Å². The number of halogens is 1. The number of amides is 1. The summed E-state index contributed by atoms with van der Waals surface area (Å²) in [5.41, 5.74) is 1.75. The first-order valence-electron chi connectivity index (χ1n) is 9.36. The Morgan fingerprint density at radius 2 is 2.10 bits per heavy atom. The third-order valence-electron chi connectivity index (χ3n) is 4.95. The van der Waals surface area contributed by atoms with E-state index in [9.17, 15) is 14.0 Å². The number of nitrogens with zero attached hydrogens (tertiary/aromatic N) is 1. The van der Waals surface area contributed by atoms with Gasteiger partial charge in [0, 0.05) is 4.88 Å². The van der Waals surface area contributed by atoms with Gasteiger partial charge in [-0.05, 0) is 43.9 Å². The summed E-state index contributed by atoms with van der Waals surface area (Å²) < 4.78 is 29.4. The predicted molar refractivity (Wildman–Crippen MR) is 108 cm³/mol. The zero-order valence-electron chi connectivity index (χ0n) is 16.4. The van der Waals surface area contributed by atoms with Crippen molar-refractivity contribution >= 4 is 28.2 Å². The first kappa shape index (κ1) is 20.1. The molecule has 4 rings (SSSR count). The van der Waals surface area contributed by atoms with E-state index in [-0.39, 0.29) is 18.1 Å². The van der Waals surface area contributed by atoms with Gasteiger partial charge in [-0.1, -0.05) is 17.3 Å². The van der Waals surface area contributed by atoms with Crippen molar-refractivity contribution in [1.29, 1.82) is 0 Å². The molecule has 0 bridgehead atoms. The molecule has 0 unspecified atom stereocenters. The summed E-state index contributed by atoms with van der Waals surface area (Å²) in [7, 11) is 1.31. The van der Waals surface area contributed by atoms with Gasteiger partial charge in [-0.3, -0.25) is 4.79 Å². The predicted octanol–water partition coefficient (Wildman–Crippen LogP) is 4.29. The number of hydrogen-bond acceptors (Lipinski definition) is 7. The number of rotatable bonds is 6. The molecule has 1 aliphatic rings. The van der Waals surface area contributed by atoms with Crippen molar-refractivity contribution in [2.24, 2.45) is 0 Å². The molecule has 9 heteroatoms. The molecule has 0 fully saturated rings. The highest BCUT2D eigenvalue weighted by Gasteiger charge is 2.29. The van der Waals surface area contributed by atoms with Crippen LogP contribution < -0.4 is 10.1 Å². The number of aryl methyl sites for hydroxylation is 2. The van der Waals surface area contributed by atoms with E-state index in [2.05, 4.69) is 10.5 Å². The molecule has 0 atom stereocenters. The topological polar surface area (TPSA) is 90.7 Å². The summed E-state index contributed by atoms with van der Waals surface area (Å²) >= 11 is 1.37. The monoisotopic (exact) mass is 430 g/mol. The summed E-state index contributed by atoms with van der Waals surface area (Å²) in [5, 5.41) is 7.02. The first-order valence-corrected chi connectivity index (χ1v) is 10.2. The van der Waals surface area contributed by atoms with Gasteiger partial charge in [0.05, 0.1) is 18.2 Å². The maximum absolute atomic E-state index is 13.8. The summed E-state index contributed by atoms with van der Waals surface area (Å²) in [6, 6.07) is 5.99. The number of methoxy groups -OCH3 is 1. The second-order valence-electron chi connectivity index (χ2n) is 6.79. The van der Waals surface area contributed by atoms with Gasteiger partial charge in [-0.25, -0.2) is 9.18 Å². The van der Waals surface area contributed by atoms with E-state index >= 15 is 0 Å². The SMILES string of the molecule is COC(=O)c1c(NC(=O)c2noc(C)c2COc2ccccc2F)sc2c1CCC2. The van der Waals surface area contributed by atoms with E-state index in [0.29, 0.717) is 21.9 Å². The van der Waals surface area contributed by atoms with Crippen LogP contribution in [0.3, 0.4) is 0 Å². The number of fused-ring (bicyclic) bond motifs is 1. The lowest BCUT2D eigenvalue weighted by Crippen LogP contribution is -2.17. The van der Waals surface area contributed by atoms with E-state index in [1.807, 2.05) is 0 Å². The molecule has 1 amide bonds. The lowest BCUT2D eigenvalue weighted by Gasteiger charge is -2.08. The van der Waals surface area contributed by atoms with Crippen LogP contribution in [0.1, 0.15) is 49.0 Å². The van der Waals surface area contributed by atoms with Crippen LogP contribution in [0.15, 0.2) is 28.8 Å². The van der Waals surface area contributed by atoms with Crippen molar-refractivity contribution in [2.75, 3.05) is 12.4 Å². The van der Waals surface area contributed by atoms with Gasteiger partial charge < -0.3 is 19.3 Å². The van der Waals surface area contributed by atoms with Gasteiger partial charge in [0.15, 0.2) is 17.3 Å². The van der Waals surface area contributed by atoms with E-state index < -0.39 is 17.7 Å². The number of ether oxygens (including phenoxy) is 2. The van der Waals surface area contributed by atoms with E-state index in [0.717, 1.165) is 29.7 Å². The third kappa shape index (κ3) is 3.68. The van der Waals surface area contributed by atoms with Crippen LogP contribution in [-0.4, -0.2) is 24.1 Å². The van der Waals surface area contributed by atoms with Crippen LogP contribution in [0.2, 0.25) is 0 Å². The molecule has 1 N–H and O–H groups in total. The Bertz CT molecular complexity index is 1120. The number of thiophene rings is 1. The molecule has 0 radical (unpaired) electrons. The Morgan fingerprint density at radius 3 is 2.87 bits per heavy atom. The average Bonchev–Trinajstić information content (AvgIpc) is 3.41. The second kappa shape index (κ2) is 8.27. The molecule has 0 spiro atoms. The number of aromatic nitrogens is 1. The molecule has 3 aromatic rings. The zero-order chi connectivity index (χ0) is 21.3. The van der Waals surface area contributed by atoms with Gasteiger partial charge in [0.2, 0.25) is 0 Å². The number of anilines is 1. The fourth-order valence-electron chi connectivity index (χ4n) is 3.42. The van der Waals surface area contributed by atoms with Gasteiger partial charge in [0.25, 0.3) is 5.91 Å². The lowest BCUT2D eigenvalue weighted by atomic mass is 10.1. The third-order valence-corrected chi connectivity index (χ3v) is 6.15. The fraction of sp³-hybridized carbons (Fsp3) is 0.286. The molecule has 156 valence electrons. The van der Waals surface area contributed by atoms with Crippen LogP contribution in [0.25, 0.3) is 0 Å². The number of para-hydroxylation sites is 1. The Morgan fingerprint density at radius 1 is 1.30 bits per heavy atom. The van der Waals surface area contributed by atoms with Gasteiger partial charge in [-0.2, -0.15) is 0 Å². The van der Waals surface area contributed by atoms with Crippen molar-refractivity contribution in [2.45, 2.75) is 32.8 Å². The van der Waals surface area contributed by atoms with E-state index in [1.165, 1.54) is 30.6 Å². The molecular formula is C21H19FN2O5S. The van der Waals surface area contributed by atoms with Crippen LogP contribution in [0.5, 0.6) is 5.75 Å². The van der Waals surface area contributed by atoms with Crippen molar-refractivity contribution in [1.82, 2.24) is 5.16 Å². The molecule has 1 aromatic carbocycles. The van der Waals surface area contributed by atoms with Gasteiger partial charge >= 0.3 is 5.97 Å². The highest BCUT2D eigenvalue weighted by Crippen LogP contribution is 2.39. The molecule has 0 saturated carbocycles. The Balaban J connectivity index is 1.57. The van der Waals surface area contributed by atoms with Crippen molar-refractivity contribution in [3.05, 3.63) is 63.1 Å². The molecule has 0 aliphatic heterocycles. The number of hydrogen-bond donors (Lipinski definition) is 1.